The van der Waals surface area contributed by atoms with E-state index in [0.29, 0.717) is 11.6 Å². The topological polar surface area (TPSA) is 66.4 Å². The molecular weight excluding hydrogens is 350 g/mol. The molecule has 1 heterocycles. The Morgan fingerprint density at radius 1 is 1.12 bits per heavy atom. The van der Waals surface area contributed by atoms with Crippen molar-refractivity contribution >= 4 is 39.1 Å². The van der Waals surface area contributed by atoms with Gasteiger partial charge in [0.1, 0.15) is 5.75 Å². The Balaban J connectivity index is 1.88. The monoisotopic (exact) mass is 373 g/mol. The van der Waals surface area contributed by atoms with Crippen LogP contribution in [0.25, 0.3) is 21.8 Å². The van der Waals surface area contributed by atoms with Gasteiger partial charge in [-0.25, -0.2) is 4.98 Å². The maximum absolute atomic E-state index is 9.29. The number of halogens is 1. The second-order valence-corrected chi connectivity index (χ2v) is 6.80. The predicted molar refractivity (Wildman–Crippen MR) is 108 cm³/mol. The molecule has 3 rings (SSSR count). The summed E-state index contributed by atoms with van der Waals surface area (Å²) in [6.45, 7) is 4.03. The van der Waals surface area contributed by atoms with Crippen molar-refractivity contribution < 1.29 is 9.84 Å². The molecular formula is C20H24ClN3O2. The molecule has 0 amide bonds. The van der Waals surface area contributed by atoms with Crippen molar-refractivity contribution in [3.05, 3.63) is 41.4 Å². The molecule has 3 aromatic rings. The molecule has 0 aliphatic rings. The van der Waals surface area contributed by atoms with Crippen LogP contribution < -0.4 is 15.4 Å². The fraction of sp³-hybridized carbons (Fsp3) is 0.350. The van der Waals surface area contributed by atoms with Gasteiger partial charge in [-0.1, -0.05) is 11.6 Å². The third-order valence-corrected chi connectivity index (χ3v) is 4.45. The lowest BCUT2D eigenvalue weighted by Gasteiger charge is -2.14. The van der Waals surface area contributed by atoms with Gasteiger partial charge in [-0.05, 0) is 56.3 Å². The number of aliphatic hydroxyl groups is 1. The summed E-state index contributed by atoms with van der Waals surface area (Å²) in [6.07, 6.45) is 0.614. The van der Waals surface area contributed by atoms with E-state index in [1.165, 1.54) is 0 Å². The van der Waals surface area contributed by atoms with Crippen LogP contribution in [0.3, 0.4) is 0 Å². The lowest BCUT2D eigenvalue weighted by Crippen LogP contribution is -2.26. The Labute approximate surface area is 158 Å². The highest BCUT2D eigenvalue weighted by atomic mass is 35.5. The van der Waals surface area contributed by atoms with E-state index in [4.69, 9.17) is 21.3 Å². The van der Waals surface area contributed by atoms with E-state index < -0.39 is 0 Å². The second-order valence-electron chi connectivity index (χ2n) is 6.36. The lowest BCUT2D eigenvalue weighted by molar-refractivity contribution is 0.191. The van der Waals surface area contributed by atoms with Gasteiger partial charge in [-0.15, -0.1) is 0 Å². The highest BCUT2D eigenvalue weighted by Crippen LogP contribution is 2.34. The maximum atomic E-state index is 9.29. The van der Waals surface area contributed by atoms with Crippen LogP contribution >= 0.6 is 11.6 Å². The van der Waals surface area contributed by atoms with Crippen molar-refractivity contribution in [1.82, 2.24) is 10.3 Å². The number of anilines is 1. The Bertz CT molecular complexity index is 899. The Morgan fingerprint density at radius 3 is 2.73 bits per heavy atom. The first-order valence-corrected chi connectivity index (χ1v) is 9.16. The summed E-state index contributed by atoms with van der Waals surface area (Å²) < 4.78 is 5.38. The minimum atomic E-state index is -0.326. The normalized spacial score (nSPS) is 12.5. The number of ether oxygens (including phenoxy) is 1. The molecule has 0 spiro atoms. The van der Waals surface area contributed by atoms with Gasteiger partial charge in [0.2, 0.25) is 0 Å². The fourth-order valence-electron chi connectivity index (χ4n) is 2.95. The predicted octanol–water partition coefficient (Wildman–Crippen LogP) is 3.82. The van der Waals surface area contributed by atoms with Gasteiger partial charge in [0.25, 0.3) is 0 Å². The van der Waals surface area contributed by atoms with E-state index in [9.17, 15) is 5.11 Å². The zero-order chi connectivity index (χ0) is 18.5. The molecule has 0 fully saturated rings. The second kappa shape index (κ2) is 8.54. The first-order valence-electron chi connectivity index (χ1n) is 8.78. The van der Waals surface area contributed by atoms with E-state index >= 15 is 0 Å². The number of methoxy groups -OCH3 is 1. The van der Waals surface area contributed by atoms with Crippen molar-refractivity contribution in [2.75, 3.05) is 32.1 Å². The summed E-state index contributed by atoms with van der Waals surface area (Å²) in [4.78, 5) is 4.73. The van der Waals surface area contributed by atoms with Crippen LogP contribution in [0.1, 0.15) is 13.3 Å². The molecule has 1 unspecified atom stereocenters. The van der Waals surface area contributed by atoms with Crippen LogP contribution in [0, 0.1) is 0 Å². The number of fused-ring (bicyclic) bond motifs is 2. The number of nitrogens with one attached hydrogen (secondary N) is 2. The van der Waals surface area contributed by atoms with Gasteiger partial charge in [-0.2, -0.15) is 0 Å². The average Bonchev–Trinajstić information content (AvgIpc) is 2.62. The Morgan fingerprint density at radius 2 is 1.96 bits per heavy atom. The molecule has 26 heavy (non-hydrogen) atoms. The number of pyridine rings is 1. The largest absolute Gasteiger partial charge is 0.497 e. The number of aromatic nitrogens is 1. The van der Waals surface area contributed by atoms with E-state index in [-0.39, 0.29) is 6.10 Å². The zero-order valence-corrected chi connectivity index (χ0v) is 15.8. The zero-order valence-electron chi connectivity index (χ0n) is 15.1. The molecule has 0 radical (unpaired) electrons. The number of rotatable bonds is 8. The molecule has 1 atom stereocenters. The first kappa shape index (κ1) is 18.7. The molecule has 0 aliphatic heterocycles. The molecule has 2 aromatic carbocycles. The minimum Gasteiger partial charge on any atom is -0.497 e. The first-order chi connectivity index (χ1) is 12.6. The van der Waals surface area contributed by atoms with Crippen LogP contribution in [-0.2, 0) is 0 Å². The summed E-state index contributed by atoms with van der Waals surface area (Å²) >= 11 is 6.15. The number of benzene rings is 2. The van der Waals surface area contributed by atoms with Gasteiger partial charge >= 0.3 is 0 Å². The molecule has 0 saturated heterocycles. The standard InChI is InChI=1S/C20H24ClN3O2/c1-13(25)12-22-8-3-9-23-20-16-6-4-14(21)10-19(16)24-18-7-5-15(26-2)11-17(18)20/h4-7,10-11,13,22,25H,3,8-9,12H2,1-2H3,(H,23,24). The van der Waals surface area contributed by atoms with E-state index in [0.717, 1.165) is 52.8 Å². The lowest BCUT2D eigenvalue weighted by atomic mass is 10.1. The minimum absolute atomic E-state index is 0.326. The summed E-state index contributed by atoms with van der Waals surface area (Å²) in [5.41, 5.74) is 2.80. The van der Waals surface area contributed by atoms with E-state index in [1.54, 1.807) is 14.0 Å². The smallest absolute Gasteiger partial charge is 0.119 e. The van der Waals surface area contributed by atoms with E-state index in [2.05, 4.69) is 10.6 Å². The van der Waals surface area contributed by atoms with Gasteiger partial charge in [0.05, 0.1) is 29.9 Å². The van der Waals surface area contributed by atoms with Gasteiger partial charge < -0.3 is 20.5 Å². The number of hydrogen-bond acceptors (Lipinski definition) is 5. The van der Waals surface area contributed by atoms with Gasteiger partial charge in [0.15, 0.2) is 0 Å². The van der Waals surface area contributed by atoms with Crippen LogP contribution in [0.15, 0.2) is 36.4 Å². The highest BCUT2D eigenvalue weighted by Gasteiger charge is 2.10. The molecule has 5 nitrogen and oxygen atoms in total. The van der Waals surface area contributed by atoms with Crippen molar-refractivity contribution in [3.8, 4) is 5.75 Å². The molecule has 1 aromatic heterocycles. The van der Waals surface area contributed by atoms with Gasteiger partial charge in [-0.3, -0.25) is 0 Å². The molecule has 0 bridgehead atoms. The Kier molecular flexibility index (Phi) is 6.14. The van der Waals surface area contributed by atoms with E-state index in [1.807, 2.05) is 36.4 Å². The molecule has 0 saturated carbocycles. The average molecular weight is 374 g/mol. The molecule has 6 heteroatoms. The van der Waals surface area contributed by atoms with Crippen LogP contribution in [0.2, 0.25) is 5.02 Å². The van der Waals surface area contributed by atoms with Crippen molar-refractivity contribution in [2.24, 2.45) is 0 Å². The van der Waals surface area contributed by atoms with Crippen molar-refractivity contribution in [1.29, 1.82) is 0 Å². The molecule has 3 N–H and O–H groups in total. The quantitative estimate of drug-likeness (QED) is 0.413. The highest BCUT2D eigenvalue weighted by molar-refractivity contribution is 6.31. The maximum Gasteiger partial charge on any atom is 0.119 e. The van der Waals surface area contributed by atoms with Crippen LogP contribution in [0.5, 0.6) is 5.75 Å². The number of aliphatic hydroxyl groups excluding tert-OH is 1. The van der Waals surface area contributed by atoms with Crippen molar-refractivity contribution in [3.63, 3.8) is 0 Å². The molecule has 138 valence electrons. The summed E-state index contributed by atoms with van der Waals surface area (Å²) in [5, 5.41) is 18.8. The third-order valence-electron chi connectivity index (χ3n) is 4.21. The molecule has 0 aliphatic carbocycles. The Hall–Kier alpha value is -2.08. The van der Waals surface area contributed by atoms with Crippen molar-refractivity contribution in [2.45, 2.75) is 19.4 Å². The van der Waals surface area contributed by atoms with Gasteiger partial charge in [0, 0.05) is 28.9 Å². The summed E-state index contributed by atoms with van der Waals surface area (Å²) in [7, 11) is 1.66. The summed E-state index contributed by atoms with van der Waals surface area (Å²) in [6, 6.07) is 11.6. The fourth-order valence-corrected chi connectivity index (χ4v) is 3.12. The number of nitrogens with zero attached hydrogens (tertiary/aromatic N) is 1. The summed E-state index contributed by atoms with van der Waals surface area (Å²) in [5.74, 6) is 0.800. The number of hydrogen-bond donors (Lipinski definition) is 3. The third kappa shape index (κ3) is 4.36. The van der Waals surface area contributed by atoms with Crippen LogP contribution in [0.4, 0.5) is 5.69 Å². The van der Waals surface area contributed by atoms with Crippen LogP contribution in [-0.4, -0.2) is 42.9 Å². The SMILES string of the molecule is COc1ccc2nc3cc(Cl)ccc3c(NCCCNCC(C)O)c2c1.